The van der Waals surface area contributed by atoms with Crippen LogP contribution in [0.25, 0.3) is 16.5 Å². The third-order valence-corrected chi connectivity index (χ3v) is 12.2. The first-order valence-corrected chi connectivity index (χ1v) is 21.9. The van der Waals surface area contributed by atoms with E-state index in [2.05, 4.69) is 12.6 Å². The van der Waals surface area contributed by atoms with Gasteiger partial charge in [-0.3, -0.25) is 4.79 Å². The Morgan fingerprint density at radius 2 is 0.675 bits per heavy atom. The number of nitriles is 1. The smallest absolute Gasteiger partial charge is 0.287 e. The summed E-state index contributed by atoms with van der Waals surface area (Å²) in [6, 6.07) is 14.0. The first kappa shape index (κ1) is 61.2. The summed E-state index contributed by atoms with van der Waals surface area (Å²) in [4.78, 5) is 12.6. The van der Waals surface area contributed by atoms with Crippen molar-refractivity contribution in [2.75, 3.05) is 0 Å². The molecule has 422 valence electrons. The summed E-state index contributed by atoms with van der Waals surface area (Å²) in [5, 5.41) is 10.2. The summed E-state index contributed by atoms with van der Waals surface area (Å²) < 4.78 is 343. The molecule has 0 aliphatic carbocycles. The number of carbonyl (C=O) groups is 1. The molecule has 0 radical (unpaired) electrons. The lowest BCUT2D eigenvalue weighted by Gasteiger charge is -2.46. The number of fused-ring (bicyclic) bond motifs is 1. The van der Waals surface area contributed by atoms with Gasteiger partial charge < -0.3 is 0 Å². The highest BCUT2D eigenvalue weighted by Crippen LogP contribution is 2.41. The number of Topliss-reactive ketones (excluding diaryl/α,β-unsaturated/α-hetero) is 1. The highest BCUT2D eigenvalue weighted by Gasteiger charge is 2.47. The van der Waals surface area contributed by atoms with E-state index in [9.17, 15) is 115 Å². The largest absolute Gasteiger partial charge is 0.416 e. The molecule has 1 heterocycles. The number of carbonyl (C=O) groups excluding carboxylic acids is 1. The van der Waals surface area contributed by atoms with Gasteiger partial charge in [0.15, 0.2) is 0 Å². The SMILES string of the molecule is C=C(C#N)c1ccc2ccccc2[n+]1CC(=O)c1ccccc1.FC(F)(F)c1cc([B-](c2cc(C(F)(F)F)cc(C(F)(F)F)c2)(c2cc(C(F)(F)F)cc(C(F)(F)F)c2)c2cc(C(F)(F)F)cc(C(F)(F)F)c2)cc(C(F)(F)F)c1. The van der Waals surface area contributed by atoms with Gasteiger partial charge in [-0.15, -0.1) is 0 Å². The Morgan fingerprint density at radius 3 is 0.950 bits per heavy atom. The van der Waals surface area contributed by atoms with Gasteiger partial charge in [-0.25, -0.2) is 0 Å². The van der Waals surface area contributed by atoms with E-state index in [-0.39, 0.29) is 12.3 Å². The predicted molar refractivity (Wildman–Crippen MR) is 240 cm³/mol. The first-order chi connectivity index (χ1) is 36.5. The Kier molecular flexibility index (Phi) is 16.3. The summed E-state index contributed by atoms with van der Waals surface area (Å²) in [5.74, 6) is -0.000979. The quantitative estimate of drug-likeness (QED) is 0.0500. The van der Waals surface area contributed by atoms with Crippen LogP contribution in [0.5, 0.6) is 0 Å². The van der Waals surface area contributed by atoms with Gasteiger partial charge in [-0.05, 0) is 36.4 Å². The molecule has 1 aromatic heterocycles. The average Bonchev–Trinajstić information content (AvgIpc) is 3.34. The van der Waals surface area contributed by atoms with E-state index in [0.29, 0.717) is 16.8 Å². The summed E-state index contributed by atoms with van der Waals surface area (Å²) in [5.41, 5.74) is -27.6. The molecule has 0 saturated carbocycles. The topological polar surface area (TPSA) is 44.7 Å². The van der Waals surface area contributed by atoms with E-state index in [1.807, 2.05) is 59.2 Å². The Labute approximate surface area is 433 Å². The zero-order valence-electron chi connectivity index (χ0n) is 39.1. The van der Waals surface area contributed by atoms with Crippen LogP contribution in [0.15, 0.2) is 146 Å². The summed E-state index contributed by atoms with van der Waals surface area (Å²) >= 11 is 0. The van der Waals surface area contributed by atoms with Crippen molar-refractivity contribution in [2.45, 2.75) is 56.0 Å². The van der Waals surface area contributed by atoms with Crippen molar-refractivity contribution in [1.82, 2.24) is 0 Å². The monoisotopic (exact) mass is 1160 g/mol. The van der Waals surface area contributed by atoms with E-state index < -0.39 is 195 Å². The number of hydrogen-bond acceptors (Lipinski definition) is 2. The maximum Gasteiger partial charge on any atom is 0.416 e. The molecular formula is C52H27BF24N2O. The van der Waals surface area contributed by atoms with E-state index in [1.54, 1.807) is 12.1 Å². The normalized spacial score (nSPS) is 13.1. The van der Waals surface area contributed by atoms with Crippen LogP contribution in [-0.4, -0.2) is 11.9 Å². The van der Waals surface area contributed by atoms with Crippen LogP contribution in [0.4, 0.5) is 105 Å². The fourth-order valence-corrected chi connectivity index (χ4v) is 8.68. The minimum absolute atomic E-state index is 0.000979. The second-order valence-corrected chi connectivity index (χ2v) is 17.5. The van der Waals surface area contributed by atoms with E-state index in [0.717, 1.165) is 10.9 Å². The predicted octanol–water partition coefficient (Wildman–Crippen LogP) is 14.8. The van der Waals surface area contributed by atoms with Crippen molar-refractivity contribution in [1.29, 1.82) is 5.26 Å². The van der Waals surface area contributed by atoms with Crippen molar-refractivity contribution >= 4 is 50.3 Å². The third kappa shape index (κ3) is 13.4. The Bertz CT molecular complexity index is 3080. The van der Waals surface area contributed by atoms with Crippen LogP contribution in [0.1, 0.15) is 60.6 Å². The number of benzene rings is 6. The third-order valence-electron chi connectivity index (χ3n) is 12.2. The Hall–Kier alpha value is -7.99. The lowest BCUT2D eigenvalue weighted by Crippen LogP contribution is -2.75. The van der Waals surface area contributed by atoms with Crippen molar-refractivity contribution < 1.29 is 115 Å². The average molecular weight is 1160 g/mol. The molecule has 0 aliphatic rings. The molecule has 0 spiro atoms. The van der Waals surface area contributed by atoms with Gasteiger partial charge in [0.2, 0.25) is 23.5 Å². The van der Waals surface area contributed by atoms with Crippen molar-refractivity contribution in [3.63, 3.8) is 0 Å². The number of rotatable bonds is 8. The molecule has 7 rings (SSSR count). The molecule has 0 atom stereocenters. The molecule has 0 N–H and O–H groups in total. The van der Waals surface area contributed by atoms with Crippen LogP contribution < -0.4 is 26.4 Å². The summed E-state index contributed by atoms with van der Waals surface area (Å²) in [6.45, 7) is 3.97. The lowest BCUT2D eigenvalue weighted by atomic mass is 9.12. The van der Waals surface area contributed by atoms with E-state index >= 15 is 0 Å². The molecule has 28 heteroatoms. The Balaban J connectivity index is 0.000000370. The number of aromatic nitrogens is 1. The van der Waals surface area contributed by atoms with Gasteiger partial charge in [0.05, 0.1) is 44.5 Å². The van der Waals surface area contributed by atoms with Gasteiger partial charge in [-0.2, -0.15) is 137 Å². The van der Waals surface area contributed by atoms with Gasteiger partial charge in [-0.1, -0.05) is 97.6 Å². The van der Waals surface area contributed by atoms with Crippen LogP contribution in [0.3, 0.4) is 0 Å². The highest BCUT2D eigenvalue weighted by molar-refractivity contribution is 7.20. The number of para-hydroxylation sites is 1. The number of nitrogens with zero attached hydrogens (tertiary/aromatic N) is 2. The minimum atomic E-state index is -6.13. The maximum atomic E-state index is 14.2. The molecule has 0 saturated heterocycles. The van der Waals surface area contributed by atoms with Crippen LogP contribution in [0, 0.1) is 11.3 Å². The standard InChI is InChI=1S/C32H12BF24.C20H15N2O/c34-25(35,36)13-1-14(26(37,38)39)6-21(5-13)33(22-7-15(27(40,41)42)2-16(8-22)28(43,44)45,23-9-17(29(46,47)48)3-18(10-23)30(49,50)51)24-11-19(31(52,53)54)4-20(12-24)32(55,56)57;1-15(13-21)18-12-11-16-7-5-6-10-19(16)22(18)14-20(23)17-8-3-2-4-9-17/h1-12H;2-12H,1,14H2/q-1;+1. The van der Waals surface area contributed by atoms with Crippen LogP contribution >= 0.6 is 0 Å². The van der Waals surface area contributed by atoms with Crippen molar-refractivity contribution in [2.24, 2.45) is 0 Å². The highest BCUT2D eigenvalue weighted by atomic mass is 19.4. The number of ketones is 1. The van der Waals surface area contributed by atoms with Crippen LogP contribution in [-0.2, 0) is 56.0 Å². The number of allylic oxidation sites excluding steroid dienone is 1. The number of halogens is 24. The number of hydrogen-bond donors (Lipinski definition) is 0. The fraction of sp³-hybridized carbons (Fsp3) is 0.173. The van der Waals surface area contributed by atoms with Crippen LogP contribution in [0.2, 0.25) is 0 Å². The summed E-state index contributed by atoms with van der Waals surface area (Å²) in [6.07, 6.45) is -54.8. The minimum Gasteiger partial charge on any atom is -0.287 e. The second kappa shape index (κ2) is 21.2. The van der Waals surface area contributed by atoms with Gasteiger partial charge in [0.1, 0.15) is 17.8 Å². The fourth-order valence-electron chi connectivity index (χ4n) is 8.68. The number of pyridine rings is 1. The molecular weight excluding hydrogens is 1140 g/mol. The maximum absolute atomic E-state index is 14.2. The van der Waals surface area contributed by atoms with E-state index in [1.165, 1.54) is 0 Å². The molecule has 0 aliphatic heterocycles. The molecule has 0 fully saturated rings. The van der Waals surface area contributed by atoms with Gasteiger partial charge >= 0.3 is 49.4 Å². The van der Waals surface area contributed by atoms with Crippen molar-refractivity contribution in [3.05, 3.63) is 202 Å². The zero-order chi connectivity index (χ0) is 60.1. The molecule has 0 unspecified atom stereocenters. The van der Waals surface area contributed by atoms with E-state index in [4.69, 9.17) is 0 Å². The molecule has 0 amide bonds. The Morgan fingerprint density at radius 1 is 0.400 bits per heavy atom. The molecule has 80 heavy (non-hydrogen) atoms. The summed E-state index contributed by atoms with van der Waals surface area (Å²) in [7, 11) is 0. The molecule has 6 aromatic carbocycles. The van der Waals surface area contributed by atoms with Gasteiger partial charge in [0.25, 0.3) is 0 Å². The lowest BCUT2D eigenvalue weighted by molar-refractivity contribution is -0.659. The second-order valence-electron chi connectivity index (χ2n) is 17.5. The molecule has 0 bridgehead atoms. The molecule has 7 aromatic rings. The zero-order valence-corrected chi connectivity index (χ0v) is 39.1. The first-order valence-electron chi connectivity index (χ1n) is 21.9. The number of alkyl halides is 24. The van der Waals surface area contributed by atoms with Crippen molar-refractivity contribution in [3.8, 4) is 6.07 Å². The molecule has 3 nitrogen and oxygen atoms in total. The van der Waals surface area contributed by atoms with Gasteiger partial charge in [0, 0.05) is 23.1 Å².